The van der Waals surface area contributed by atoms with Crippen LogP contribution in [0, 0.1) is 0 Å². The van der Waals surface area contributed by atoms with E-state index in [1.165, 1.54) is 24.3 Å². The van der Waals surface area contributed by atoms with Gasteiger partial charge in [-0.3, -0.25) is 9.78 Å². The van der Waals surface area contributed by atoms with Gasteiger partial charge in [0.25, 0.3) is 5.91 Å². The van der Waals surface area contributed by atoms with Crippen molar-refractivity contribution in [2.45, 2.75) is 31.9 Å². The number of imidazole rings is 1. The summed E-state index contributed by atoms with van der Waals surface area (Å²) in [5.74, 6) is -0.496. The fourth-order valence-electron chi connectivity index (χ4n) is 3.47. The number of amides is 1. The zero-order chi connectivity index (χ0) is 23.8. The summed E-state index contributed by atoms with van der Waals surface area (Å²) in [6.07, 6.45) is 5.19. The van der Waals surface area contributed by atoms with Gasteiger partial charge in [-0.15, -0.1) is 8.78 Å². The molecule has 170 valence electrons. The molecule has 4 aromatic rings. The molecule has 1 amide bonds. The van der Waals surface area contributed by atoms with Crippen LogP contribution in [-0.4, -0.2) is 26.0 Å². The molecule has 6 nitrogen and oxygen atoms in total. The second kappa shape index (κ2) is 8.44. The molecular weight excluding hydrogens is 450 g/mol. The van der Waals surface area contributed by atoms with Crippen LogP contribution in [0.2, 0.25) is 0 Å². The van der Waals surface area contributed by atoms with Crippen molar-refractivity contribution in [2.24, 2.45) is 0 Å². The molecule has 0 unspecified atom stereocenters. The summed E-state index contributed by atoms with van der Waals surface area (Å²) in [4.78, 5) is 21.8. The fourth-order valence-corrected chi connectivity index (χ4v) is 3.56. The third-order valence-corrected chi connectivity index (χ3v) is 5.02. The number of ether oxygens (including phenoxy) is 1. The van der Waals surface area contributed by atoms with Crippen molar-refractivity contribution in [3.05, 3.63) is 72.8 Å². The van der Waals surface area contributed by atoms with Crippen LogP contribution in [-0.2, 0) is 5.54 Å². The van der Waals surface area contributed by atoms with Gasteiger partial charge in [0.15, 0.2) is 0 Å². The number of aromatic nitrogens is 3. The summed E-state index contributed by atoms with van der Waals surface area (Å²) in [5.41, 5.74) is 0.0259. The van der Waals surface area contributed by atoms with Gasteiger partial charge in [0.1, 0.15) is 5.75 Å². The topological polar surface area (TPSA) is 69.0 Å². The van der Waals surface area contributed by atoms with E-state index in [-0.39, 0.29) is 17.2 Å². The summed E-state index contributed by atoms with van der Waals surface area (Å²) >= 11 is 4.78. The number of halogens is 3. The van der Waals surface area contributed by atoms with E-state index in [0.717, 1.165) is 16.6 Å². The molecule has 0 aliphatic rings. The van der Waals surface area contributed by atoms with Crippen LogP contribution in [0.25, 0.3) is 22.2 Å². The molecule has 9 heteroatoms. The molecule has 4 rings (SSSR count). The van der Waals surface area contributed by atoms with E-state index in [1.54, 1.807) is 30.9 Å². The summed E-state index contributed by atoms with van der Waals surface area (Å²) in [6, 6.07) is 12.8. The predicted octanol–water partition coefficient (Wildman–Crippen LogP) is 6.27. The van der Waals surface area contributed by atoms with E-state index in [2.05, 4.69) is 45.4 Å². The zero-order valence-electron chi connectivity index (χ0n) is 18.1. The van der Waals surface area contributed by atoms with E-state index in [4.69, 9.17) is 11.6 Å². The lowest BCUT2D eigenvalue weighted by molar-refractivity contribution is -0.0964. The van der Waals surface area contributed by atoms with Gasteiger partial charge in [0, 0.05) is 51.9 Å². The lowest BCUT2D eigenvalue weighted by atomic mass is 10.00. The van der Waals surface area contributed by atoms with Crippen molar-refractivity contribution in [3.63, 3.8) is 0 Å². The van der Waals surface area contributed by atoms with Crippen LogP contribution >= 0.6 is 11.6 Å². The van der Waals surface area contributed by atoms with Gasteiger partial charge < -0.3 is 14.6 Å². The van der Waals surface area contributed by atoms with Gasteiger partial charge in [-0.05, 0) is 63.2 Å². The Morgan fingerprint density at radius 2 is 1.85 bits per heavy atom. The average molecular weight is 471 g/mol. The summed E-state index contributed by atoms with van der Waals surface area (Å²) < 4.78 is 31.9. The second-order valence-electron chi connectivity index (χ2n) is 8.44. The van der Waals surface area contributed by atoms with Gasteiger partial charge in [-0.1, -0.05) is 6.07 Å². The van der Waals surface area contributed by atoms with E-state index in [1.807, 2.05) is 12.1 Å². The maximum atomic E-state index is 13.0. The lowest BCUT2D eigenvalue weighted by Crippen LogP contribution is -2.21. The molecule has 0 aliphatic heterocycles. The van der Waals surface area contributed by atoms with Crippen LogP contribution in [0.4, 0.5) is 14.5 Å². The Hall–Kier alpha value is -3.52. The largest absolute Gasteiger partial charge is 0.487 e. The summed E-state index contributed by atoms with van der Waals surface area (Å²) in [6.45, 7) is 6.24. The van der Waals surface area contributed by atoms with Crippen molar-refractivity contribution in [1.29, 1.82) is 0 Å². The number of anilines is 1. The Labute approximate surface area is 194 Å². The monoisotopic (exact) mass is 470 g/mol. The van der Waals surface area contributed by atoms with Gasteiger partial charge >= 0.3 is 5.57 Å². The number of nitrogens with one attached hydrogen (secondary N) is 1. The van der Waals surface area contributed by atoms with Crippen LogP contribution in [0.5, 0.6) is 5.75 Å². The summed E-state index contributed by atoms with van der Waals surface area (Å²) in [5, 5.41) is 2.76. The highest BCUT2D eigenvalue weighted by Crippen LogP contribution is 2.33. The molecule has 2 aromatic carbocycles. The molecule has 2 heterocycles. The SMILES string of the molecule is CC(C)(C)n1cnc2cc(C(=O)Nc3ccc(OC(F)(F)Cl)cc3)cc(-c3cccnc3)c21. The third-order valence-electron chi connectivity index (χ3n) is 4.95. The van der Waals surface area contributed by atoms with Crippen molar-refractivity contribution in [2.75, 3.05) is 5.32 Å². The zero-order valence-corrected chi connectivity index (χ0v) is 18.9. The van der Waals surface area contributed by atoms with Crippen molar-refractivity contribution >= 4 is 34.2 Å². The second-order valence-corrected chi connectivity index (χ2v) is 8.88. The molecule has 0 bridgehead atoms. The quantitative estimate of drug-likeness (QED) is 0.349. The van der Waals surface area contributed by atoms with Gasteiger partial charge in [0.2, 0.25) is 0 Å². The van der Waals surface area contributed by atoms with Crippen molar-refractivity contribution < 1.29 is 18.3 Å². The smallest absolute Gasteiger partial charge is 0.420 e. The van der Waals surface area contributed by atoms with Crippen molar-refractivity contribution in [3.8, 4) is 16.9 Å². The molecule has 0 radical (unpaired) electrons. The molecule has 33 heavy (non-hydrogen) atoms. The lowest BCUT2D eigenvalue weighted by Gasteiger charge is -2.23. The highest BCUT2D eigenvalue weighted by Gasteiger charge is 2.27. The van der Waals surface area contributed by atoms with Crippen LogP contribution < -0.4 is 10.1 Å². The molecule has 1 N–H and O–H groups in total. The van der Waals surface area contributed by atoms with Crippen molar-refractivity contribution in [1.82, 2.24) is 14.5 Å². The first-order valence-corrected chi connectivity index (χ1v) is 10.5. The Balaban J connectivity index is 1.70. The van der Waals surface area contributed by atoms with Gasteiger partial charge in [-0.25, -0.2) is 4.98 Å². The highest BCUT2D eigenvalue weighted by molar-refractivity contribution is 6.20. The maximum Gasteiger partial charge on any atom is 0.487 e. The number of nitrogens with zero attached hydrogens (tertiary/aromatic N) is 3. The maximum absolute atomic E-state index is 13.0. The molecule has 2 aromatic heterocycles. The number of carbonyl (C=O) groups is 1. The number of benzene rings is 2. The minimum Gasteiger partial charge on any atom is -0.420 e. The minimum atomic E-state index is -3.81. The van der Waals surface area contributed by atoms with Gasteiger partial charge in [0.05, 0.1) is 17.4 Å². The third kappa shape index (κ3) is 5.12. The van der Waals surface area contributed by atoms with E-state index in [9.17, 15) is 13.6 Å². The molecule has 0 saturated carbocycles. The number of pyridine rings is 1. The van der Waals surface area contributed by atoms with Crippen LogP contribution in [0.1, 0.15) is 31.1 Å². The van der Waals surface area contributed by atoms with E-state index >= 15 is 0 Å². The Morgan fingerprint density at radius 3 is 2.45 bits per heavy atom. The molecule has 0 fully saturated rings. The Morgan fingerprint density at radius 1 is 1.12 bits per heavy atom. The van der Waals surface area contributed by atoms with Gasteiger partial charge in [-0.2, -0.15) is 0 Å². The Bertz CT molecular complexity index is 1290. The normalized spacial score (nSPS) is 12.1. The summed E-state index contributed by atoms with van der Waals surface area (Å²) in [7, 11) is 0. The molecule has 0 spiro atoms. The van der Waals surface area contributed by atoms with Crippen LogP contribution in [0.3, 0.4) is 0 Å². The molecule has 0 aliphatic carbocycles. The molecule has 0 atom stereocenters. The van der Waals surface area contributed by atoms with Crippen LogP contribution in [0.15, 0.2) is 67.3 Å². The number of carbonyl (C=O) groups excluding carboxylic acids is 1. The first-order chi connectivity index (χ1) is 15.5. The molecule has 0 saturated heterocycles. The predicted molar refractivity (Wildman–Crippen MR) is 124 cm³/mol. The average Bonchev–Trinajstić information content (AvgIpc) is 3.19. The minimum absolute atomic E-state index is 0.124. The van der Waals surface area contributed by atoms with E-state index in [0.29, 0.717) is 16.8 Å². The Kier molecular flexibility index (Phi) is 5.80. The fraction of sp³-hybridized carbons (Fsp3) is 0.208. The molecular formula is C24H21ClF2N4O2. The number of rotatable bonds is 5. The number of alkyl halides is 3. The number of fused-ring (bicyclic) bond motifs is 1. The standard InChI is InChI=1S/C24H21ClF2N4O2/c1-23(2,3)31-14-29-20-12-16(11-19(21(20)31)15-5-4-10-28-13-15)22(32)30-17-6-8-18(9-7-17)33-24(25,26)27/h4-14H,1-3H3,(H,30,32). The number of hydrogen-bond donors (Lipinski definition) is 1. The first-order valence-electron chi connectivity index (χ1n) is 10.1. The first kappa shape index (κ1) is 22.7. The highest BCUT2D eigenvalue weighted by atomic mass is 35.5. The van der Waals surface area contributed by atoms with E-state index < -0.39 is 5.57 Å². The number of hydrogen-bond acceptors (Lipinski definition) is 4.